The predicted octanol–water partition coefficient (Wildman–Crippen LogP) is 3.61. The minimum absolute atomic E-state index is 0. The Labute approximate surface area is 193 Å². The van der Waals surface area contributed by atoms with Gasteiger partial charge in [-0.2, -0.15) is 0 Å². The molecule has 0 radical (unpaired) electrons. The van der Waals surface area contributed by atoms with Crippen LogP contribution in [0.4, 0.5) is 0 Å². The van der Waals surface area contributed by atoms with E-state index in [1.165, 1.54) is 6.26 Å². The summed E-state index contributed by atoms with van der Waals surface area (Å²) >= 11 is 5.87. The second-order valence-corrected chi connectivity index (χ2v) is 6.74. The Morgan fingerprint density at radius 2 is 1.86 bits per heavy atom. The Balaban J connectivity index is 0.00000420. The molecule has 0 bridgehead atoms. The van der Waals surface area contributed by atoms with Gasteiger partial charge in [-0.1, -0.05) is 11.6 Å². The summed E-state index contributed by atoms with van der Waals surface area (Å²) in [6, 6.07) is 9.03. The fourth-order valence-electron chi connectivity index (χ4n) is 2.43. The van der Waals surface area contributed by atoms with E-state index in [9.17, 15) is 4.79 Å². The number of nitrogens with one attached hydrogen (secondary N) is 3. The number of carbonyl (C=O) groups excluding carboxylic acids is 1. The van der Waals surface area contributed by atoms with Crippen LogP contribution in [-0.4, -0.2) is 44.7 Å². The molecule has 3 N–H and O–H groups in total. The molecule has 2 rings (SSSR count). The lowest BCUT2D eigenvalue weighted by molar-refractivity contribution is 0.0925. The number of aryl methyl sites for hydroxylation is 1. The van der Waals surface area contributed by atoms with Crippen molar-refractivity contribution >= 4 is 47.4 Å². The van der Waals surface area contributed by atoms with Crippen LogP contribution in [-0.2, 0) is 0 Å². The van der Waals surface area contributed by atoms with Crippen LogP contribution in [0.5, 0.6) is 5.75 Å². The second-order valence-electron chi connectivity index (χ2n) is 6.30. The number of hydrogen-bond donors (Lipinski definition) is 3. The molecule has 0 saturated heterocycles. The van der Waals surface area contributed by atoms with Crippen molar-refractivity contribution in [2.24, 2.45) is 4.99 Å². The van der Waals surface area contributed by atoms with Gasteiger partial charge in [-0.15, -0.1) is 24.0 Å². The number of ether oxygens (including phenoxy) is 1. The largest absolute Gasteiger partial charge is 0.489 e. The van der Waals surface area contributed by atoms with E-state index in [2.05, 4.69) is 20.9 Å². The van der Waals surface area contributed by atoms with Crippen LogP contribution in [0.25, 0.3) is 0 Å². The van der Waals surface area contributed by atoms with Gasteiger partial charge in [-0.25, -0.2) is 0 Å². The van der Waals surface area contributed by atoms with Gasteiger partial charge in [0.25, 0.3) is 5.91 Å². The molecule has 2 aromatic rings. The fourth-order valence-corrected chi connectivity index (χ4v) is 2.56. The summed E-state index contributed by atoms with van der Waals surface area (Å²) in [5.41, 5.74) is 0.829. The Bertz CT molecular complexity index is 780. The van der Waals surface area contributed by atoms with E-state index < -0.39 is 0 Å². The first-order chi connectivity index (χ1) is 13.5. The number of nitrogens with zero attached hydrogens (tertiary/aromatic N) is 1. The third-order valence-corrected chi connectivity index (χ3v) is 4.18. The van der Waals surface area contributed by atoms with Crippen LogP contribution in [0.15, 0.2) is 46.0 Å². The number of rotatable bonds is 9. The minimum Gasteiger partial charge on any atom is -0.489 e. The number of guanidine groups is 1. The normalized spacial score (nSPS) is 11.9. The van der Waals surface area contributed by atoms with Gasteiger partial charge in [0.15, 0.2) is 11.7 Å². The molecule has 9 heteroatoms. The summed E-state index contributed by atoms with van der Waals surface area (Å²) in [6.07, 6.45) is 2.22. The molecule has 7 nitrogen and oxygen atoms in total. The van der Waals surface area contributed by atoms with E-state index in [0.717, 1.165) is 17.7 Å². The van der Waals surface area contributed by atoms with Gasteiger partial charge in [0, 0.05) is 30.7 Å². The van der Waals surface area contributed by atoms with Gasteiger partial charge in [-0.3, -0.25) is 9.79 Å². The van der Waals surface area contributed by atoms with E-state index in [0.29, 0.717) is 36.4 Å². The zero-order valence-electron chi connectivity index (χ0n) is 16.8. The Hall–Kier alpha value is -1.94. The molecule has 160 valence electrons. The average Bonchev–Trinajstić information content (AvgIpc) is 3.11. The molecule has 29 heavy (non-hydrogen) atoms. The monoisotopic (exact) mass is 534 g/mol. The first-order valence-corrected chi connectivity index (χ1v) is 9.56. The average molecular weight is 535 g/mol. The zero-order valence-corrected chi connectivity index (χ0v) is 19.9. The van der Waals surface area contributed by atoms with Crippen molar-refractivity contribution in [1.82, 2.24) is 16.0 Å². The number of aliphatic imine (C=N–C) groups is 1. The number of furan rings is 1. The van der Waals surface area contributed by atoms with E-state index in [1.54, 1.807) is 25.2 Å². The van der Waals surface area contributed by atoms with E-state index in [-0.39, 0.29) is 36.0 Å². The van der Waals surface area contributed by atoms with Crippen molar-refractivity contribution in [2.45, 2.75) is 26.4 Å². The van der Waals surface area contributed by atoms with Crippen molar-refractivity contribution in [3.05, 3.63) is 52.9 Å². The summed E-state index contributed by atoms with van der Waals surface area (Å²) < 4.78 is 11.0. The molecule has 0 aliphatic carbocycles. The third kappa shape index (κ3) is 8.95. The van der Waals surface area contributed by atoms with Crippen LogP contribution >= 0.6 is 35.6 Å². The van der Waals surface area contributed by atoms with Gasteiger partial charge in [0.05, 0.1) is 12.8 Å². The van der Waals surface area contributed by atoms with Crippen LogP contribution in [0.1, 0.15) is 29.5 Å². The first kappa shape index (κ1) is 25.1. The highest BCUT2D eigenvalue weighted by atomic mass is 127. The van der Waals surface area contributed by atoms with Gasteiger partial charge >= 0.3 is 0 Å². The van der Waals surface area contributed by atoms with Gasteiger partial charge in [-0.05, 0) is 50.6 Å². The van der Waals surface area contributed by atoms with Crippen molar-refractivity contribution in [3.8, 4) is 5.75 Å². The van der Waals surface area contributed by atoms with Crippen LogP contribution < -0.4 is 20.7 Å². The summed E-state index contributed by atoms with van der Waals surface area (Å²) in [6.45, 7) is 5.62. The molecular weight excluding hydrogens is 507 g/mol. The zero-order chi connectivity index (χ0) is 20.4. The molecule has 0 aliphatic rings. The van der Waals surface area contributed by atoms with Crippen molar-refractivity contribution < 1.29 is 13.9 Å². The third-order valence-electron chi connectivity index (χ3n) is 3.93. The van der Waals surface area contributed by atoms with Crippen LogP contribution in [0, 0.1) is 6.92 Å². The number of halogens is 2. The fraction of sp³-hybridized carbons (Fsp3) is 0.400. The van der Waals surface area contributed by atoms with Crippen molar-refractivity contribution in [3.63, 3.8) is 0 Å². The molecule has 1 amide bonds. The number of hydrogen-bond acceptors (Lipinski definition) is 4. The quantitative estimate of drug-likeness (QED) is 0.198. The maximum Gasteiger partial charge on any atom is 0.287 e. The molecule has 1 aromatic carbocycles. The van der Waals surface area contributed by atoms with Crippen molar-refractivity contribution in [2.75, 3.05) is 26.7 Å². The van der Waals surface area contributed by atoms with E-state index in [1.807, 2.05) is 26.0 Å². The topological polar surface area (TPSA) is 87.9 Å². The summed E-state index contributed by atoms with van der Waals surface area (Å²) in [7, 11) is 1.71. The predicted molar refractivity (Wildman–Crippen MR) is 127 cm³/mol. The molecule has 1 heterocycles. The van der Waals surface area contributed by atoms with E-state index >= 15 is 0 Å². The van der Waals surface area contributed by atoms with Gasteiger partial charge in [0.2, 0.25) is 0 Å². The van der Waals surface area contributed by atoms with Crippen LogP contribution in [0.3, 0.4) is 0 Å². The lowest BCUT2D eigenvalue weighted by Gasteiger charge is -2.18. The minimum atomic E-state index is -0.196. The lowest BCUT2D eigenvalue weighted by Crippen LogP contribution is -2.42. The second kappa shape index (κ2) is 13.3. The Morgan fingerprint density at radius 1 is 1.17 bits per heavy atom. The molecule has 1 atom stereocenters. The maximum absolute atomic E-state index is 11.9. The van der Waals surface area contributed by atoms with E-state index in [4.69, 9.17) is 20.8 Å². The van der Waals surface area contributed by atoms with Gasteiger partial charge in [0.1, 0.15) is 11.9 Å². The standard InChI is InChI=1S/C20H27ClN4O3.HI/c1-14-9-12-27-18(14)19(26)23-10-4-11-24-20(22-3)25-13-15(2)28-17-7-5-16(21)6-8-17;/h5-9,12,15H,4,10-11,13H2,1-3H3,(H,23,26)(H2,22,24,25);1H. The molecule has 0 spiro atoms. The van der Waals surface area contributed by atoms with Gasteiger partial charge < -0.3 is 25.1 Å². The Kier molecular flexibility index (Phi) is 11.5. The summed E-state index contributed by atoms with van der Waals surface area (Å²) in [5.74, 6) is 1.61. The molecule has 1 aromatic heterocycles. The number of amides is 1. The highest BCUT2D eigenvalue weighted by Crippen LogP contribution is 2.16. The Morgan fingerprint density at radius 3 is 2.48 bits per heavy atom. The van der Waals surface area contributed by atoms with Crippen LogP contribution in [0.2, 0.25) is 5.02 Å². The molecule has 0 aliphatic heterocycles. The molecule has 0 saturated carbocycles. The smallest absolute Gasteiger partial charge is 0.287 e. The van der Waals surface area contributed by atoms with Crippen molar-refractivity contribution in [1.29, 1.82) is 0 Å². The summed E-state index contributed by atoms with van der Waals surface area (Å²) in [4.78, 5) is 16.1. The number of carbonyl (C=O) groups is 1. The first-order valence-electron chi connectivity index (χ1n) is 9.18. The SMILES string of the molecule is CN=C(NCCCNC(=O)c1occc1C)NCC(C)Oc1ccc(Cl)cc1.I. The lowest BCUT2D eigenvalue weighted by atomic mass is 10.2. The molecule has 0 fully saturated rings. The molecular formula is C20H28ClIN4O3. The highest BCUT2D eigenvalue weighted by Gasteiger charge is 2.11. The molecule has 1 unspecified atom stereocenters. The maximum atomic E-state index is 11.9. The summed E-state index contributed by atoms with van der Waals surface area (Å²) in [5, 5.41) is 9.94. The highest BCUT2D eigenvalue weighted by molar-refractivity contribution is 14.0. The number of benzene rings is 1.